The number of rotatable bonds is 5. The van der Waals surface area contributed by atoms with E-state index in [0.29, 0.717) is 45.2 Å². The Morgan fingerprint density at radius 3 is 2.42 bits per heavy atom. The van der Waals surface area contributed by atoms with Gasteiger partial charge in [0.25, 0.3) is 0 Å². The van der Waals surface area contributed by atoms with Gasteiger partial charge in [0, 0.05) is 27.9 Å². The first-order valence-electron chi connectivity index (χ1n) is 17.1. The lowest BCUT2D eigenvalue weighted by Crippen LogP contribution is -2.48. The summed E-state index contributed by atoms with van der Waals surface area (Å²) in [4.78, 5) is 61.2. The molecule has 2 aromatic carbocycles. The number of benzene rings is 2. The fraction of sp³-hybridized carbons (Fsp3) is 0.308. The number of hydrogen-bond acceptors (Lipinski definition) is 8. The van der Waals surface area contributed by atoms with Crippen LogP contribution in [0.3, 0.4) is 0 Å². The minimum atomic E-state index is -1.30. The molecule has 9 rings (SSSR count). The molecule has 2 saturated heterocycles. The number of aryl methyl sites for hydroxylation is 2. The third-order valence-electron chi connectivity index (χ3n) is 11.7. The summed E-state index contributed by atoms with van der Waals surface area (Å²) in [5.74, 6) is -3.78. The van der Waals surface area contributed by atoms with Crippen molar-refractivity contribution in [1.29, 1.82) is 0 Å². The Bertz CT molecular complexity index is 2410. The smallest absolute Gasteiger partial charge is 0.242 e. The van der Waals surface area contributed by atoms with E-state index in [1.165, 1.54) is 9.80 Å². The number of anilines is 2. The fourth-order valence-electron chi connectivity index (χ4n) is 9.23. The molecule has 52 heavy (non-hydrogen) atoms. The summed E-state index contributed by atoms with van der Waals surface area (Å²) in [6.07, 6.45) is 2.46. The van der Waals surface area contributed by atoms with Gasteiger partial charge in [0.1, 0.15) is 29.6 Å². The summed E-state index contributed by atoms with van der Waals surface area (Å²) < 4.78 is 8.74. The van der Waals surface area contributed by atoms with E-state index in [0.717, 1.165) is 26.1 Å². The van der Waals surface area contributed by atoms with Crippen molar-refractivity contribution in [2.24, 2.45) is 36.1 Å². The molecule has 264 valence electrons. The summed E-state index contributed by atoms with van der Waals surface area (Å²) in [6.45, 7) is 3.45. The van der Waals surface area contributed by atoms with Gasteiger partial charge in [-0.2, -0.15) is 5.10 Å². The molecule has 0 radical (unpaired) electrons. The molecule has 4 amide bonds. The van der Waals surface area contributed by atoms with Crippen molar-refractivity contribution in [3.63, 3.8) is 0 Å². The maximum atomic E-state index is 15.0. The second kappa shape index (κ2) is 11.7. The molecule has 2 aliphatic heterocycles. The Morgan fingerprint density at radius 2 is 1.69 bits per heavy atom. The maximum absolute atomic E-state index is 15.0. The predicted octanol–water partition coefficient (Wildman–Crippen LogP) is 7.44. The van der Waals surface area contributed by atoms with E-state index in [1.807, 2.05) is 31.2 Å². The summed E-state index contributed by atoms with van der Waals surface area (Å²) in [7, 11) is 1.71. The third kappa shape index (κ3) is 4.55. The Kier molecular flexibility index (Phi) is 7.51. The normalized spacial score (nSPS) is 27.0. The van der Waals surface area contributed by atoms with Crippen LogP contribution in [0.25, 0.3) is 20.7 Å². The standard InChI is InChI=1S/C39H32Cl2N4O6S/c1-18-25-14-20(41)6-13-30(25)52-34(18)28-16-31(43(3)42-28)45-36(48)27-15-26-23(33(39(27,2)38(45)50)29-12-9-22(17-46)51-29)10-11-24-32(26)37(49)44(35(24)47)21-7-4-19(40)5-8-21/h4-10,12-14,16,24,26-27,32-33,46H,11,15,17H2,1-3H3/t24-,26+,27-,32-,33+,39+/m0/s1. The lowest BCUT2D eigenvalue weighted by atomic mass is 9.52. The lowest BCUT2D eigenvalue weighted by Gasteiger charge is -2.48. The Morgan fingerprint density at radius 1 is 0.942 bits per heavy atom. The molecule has 0 bridgehead atoms. The lowest BCUT2D eigenvalue weighted by molar-refractivity contribution is -0.131. The molecule has 2 aliphatic carbocycles. The van der Waals surface area contributed by atoms with Crippen LogP contribution in [0.2, 0.25) is 10.0 Å². The molecule has 5 aromatic rings. The molecule has 1 saturated carbocycles. The van der Waals surface area contributed by atoms with Crippen molar-refractivity contribution < 1.29 is 28.7 Å². The van der Waals surface area contributed by atoms with Gasteiger partial charge >= 0.3 is 0 Å². The number of fused-ring (bicyclic) bond motifs is 5. The van der Waals surface area contributed by atoms with Crippen molar-refractivity contribution >= 4 is 79.8 Å². The summed E-state index contributed by atoms with van der Waals surface area (Å²) in [5, 5.41) is 16.8. The number of imide groups is 2. The Balaban J connectivity index is 1.14. The zero-order valence-corrected chi connectivity index (χ0v) is 30.6. The third-order valence-corrected chi connectivity index (χ3v) is 13.5. The van der Waals surface area contributed by atoms with Gasteiger partial charge in [-0.1, -0.05) is 34.9 Å². The Hall–Kier alpha value is -4.55. The molecule has 3 aromatic heterocycles. The second-order valence-electron chi connectivity index (χ2n) is 14.3. The first kappa shape index (κ1) is 33.3. The number of aliphatic hydroxyl groups excluding tert-OH is 1. The number of carbonyl (C=O) groups is 4. The van der Waals surface area contributed by atoms with Gasteiger partial charge in [-0.05, 0) is 98.2 Å². The zero-order chi connectivity index (χ0) is 36.4. The van der Waals surface area contributed by atoms with Crippen molar-refractivity contribution in [3.05, 3.63) is 99.4 Å². The first-order valence-corrected chi connectivity index (χ1v) is 18.6. The van der Waals surface area contributed by atoms with Gasteiger partial charge in [-0.15, -0.1) is 11.3 Å². The number of allylic oxidation sites excluding steroid dienone is 2. The average Bonchev–Trinajstić information content (AvgIpc) is 3.92. The summed E-state index contributed by atoms with van der Waals surface area (Å²) in [5.41, 5.74) is 1.56. The quantitative estimate of drug-likeness (QED) is 0.146. The van der Waals surface area contributed by atoms with Crippen LogP contribution in [-0.4, -0.2) is 38.5 Å². The van der Waals surface area contributed by atoms with Gasteiger partial charge in [0.2, 0.25) is 23.6 Å². The highest BCUT2D eigenvalue weighted by Crippen LogP contribution is 2.64. The molecule has 0 unspecified atom stereocenters. The van der Waals surface area contributed by atoms with Gasteiger partial charge in [-0.3, -0.25) is 28.8 Å². The molecule has 3 fully saturated rings. The first-order chi connectivity index (χ1) is 24.9. The van der Waals surface area contributed by atoms with Crippen LogP contribution in [0.15, 0.2) is 76.7 Å². The van der Waals surface area contributed by atoms with Crippen LogP contribution in [0.1, 0.15) is 42.8 Å². The van der Waals surface area contributed by atoms with Gasteiger partial charge < -0.3 is 9.52 Å². The minimum absolute atomic E-state index is 0.197. The zero-order valence-electron chi connectivity index (χ0n) is 28.3. The number of hydrogen-bond donors (Lipinski definition) is 1. The topological polar surface area (TPSA) is 126 Å². The molecular formula is C39H32Cl2N4O6S. The van der Waals surface area contributed by atoms with E-state index in [2.05, 4.69) is 0 Å². The second-order valence-corrected chi connectivity index (χ2v) is 16.2. The maximum Gasteiger partial charge on any atom is 0.242 e. The van der Waals surface area contributed by atoms with E-state index in [9.17, 15) is 24.3 Å². The number of amides is 4. The minimum Gasteiger partial charge on any atom is -0.463 e. The molecule has 4 aliphatic rings. The molecule has 13 heteroatoms. The number of nitrogens with zero attached hydrogens (tertiary/aromatic N) is 4. The average molecular weight is 756 g/mol. The number of carbonyl (C=O) groups excluding carboxylic acids is 4. The van der Waals surface area contributed by atoms with Gasteiger partial charge in [-0.25, -0.2) is 4.90 Å². The SMILES string of the molecule is Cc1c(-c2cc(N3C(=O)[C@@H]4C[C@@H]5C(=CC[C@@H]6C(=O)N(c7ccc(Cl)cc7)C(=O)[C@@H]65)[C@H](c5ccc(CO)o5)[C@]4(C)C3=O)n(C)n2)sc2ccc(Cl)cc12. The number of aromatic nitrogens is 2. The molecule has 5 heterocycles. The highest BCUT2D eigenvalue weighted by Gasteiger charge is 2.68. The number of halogens is 2. The largest absolute Gasteiger partial charge is 0.463 e. The summed E-state index contributed by atoms with van der Waals surface area (Å²) in [6, 6.07) is 17.5. The predicted molar refractivity (Wildman–Crippen MR) is 197 cm³/mol. The molecule has 1 N–H and O–H groups in total. The monoisotopic (exact) mass is 754 g/mol. The van der Waals surface area contributed by atoms with E-state index < -0.39 is 46.8 Å². The highest BCUT2D eigenvalue weighted by atomic mass is 35.5. The summed E-state index contributed by atoms with van der Waals surface area (Å²) >= 11 is 14.0. The Labute approximate surface area is 312 Å². The molecule has 6 atom stereocenters. The number of furan rings is 1. The van der Waals surface area contributed by atoms with E-state index in [-0.39, 0.29) is 24.8 Å². The van der Waals surface area contributed by atoms with Crippen LogP contribution in [0, 0.1) is 36.0 Å². The molecular weight excluding hydrogens is 723 g/mol. The number of thiophene rings is 1. The van der Waals surface area contributed by atoms with Crippen LogP contribution in [-0.2, 0) is 32.8 Å². The van der Waals surface area contributed by atoms with Gasteiger partial charge in [0.05, 0.1) is 39.7 Å². The number of aliphatic hydroxyl groups is 1. The van der Waals surface area contributed by atoms with Crippen molar-refractivity contribution in [2.45, 2.75) is 39.2 Å². The van der Waals surface area contributed by atoms with Crippen LogP contribution in [0.4, 0.5) is 11.5 Å². The van der Waals surface area contributed by atoms with Crippen molar-refractivity contribution in [1.82, 2.24) is 9.78 Å². The molecule has 0 spiro atoms. The highest BCUT2D eigenvalue weighted by molar-refractivity contribution is 7.22. The van der Waals surface area contributed by atoms with Crippen molar-refractivity contribution in [3.8, 4) is 10.6 Å². The fourth-order valence-corrected chi connectivity index (χ4v) is 10.7. The molecule has 10 nitrogen and oxygen atoms in total. The van der Waals surface area contributed by atoms with Crippen molar-refractivity contribution in [2.75, 3.05) is 9.80 Å². The van der Waals surface area contributed by atoms with Crippen LogP contribution in [0.5, 0.6) is 0 Å². The van der Waals surface area contributed by atoms with Crippen LogP contribution >= 0.6 is 34.5 Å². The van der Waals surface area contributed by atoms with Gasteiger partial charge in [0.15, 0.2) is 0 Å². The van der Waals surface area contributed by atoms with Crippen LogP contribution < -0.4 is 9.80 Å². The van der Waals surface area contributed by atoms with E-state index >= 15 is 0 Å². The van der Waals surface area contributed by atoms with E-state index in [1.54, 1.807) is 72.5 Å². The van der Waals surface area contributed by atoms with E-state index in [4.69, 9.17) is 32.7 Å².